The summed E-state index contributed by atoms with van der Waals surface area (Å²) in [6.07, 6.45) is 3.29. The van der Waals surface area contributed by atoms with Crippen molar-refractivity contribution in [1.29, 1.82) is 0 Å². The van der Waals surface area contributed by atoms with Gasteiger partial charge in [0, 0.05) is 23.3 Å². The maximum Gasteiger partial charge on any atom is 0.268 e. The number of carbonyl (C=O) groups excluding carboxylic acids is 1. The second-order valence-corrected chi connectivity index (χ2v) is 9.21. The number of thiazole rings is 1. The Kier molecular flexibility index (Phi) is 6.74. The molecule has 0 fully saturated rings. The highest BCUT2D eigenvalue weighted by Gasteiger charge is 2.20. The standard InChI is InChI=1S/C25H29N5O2S/c1-5-6-7-12-26-22(31)14-20-15-33-25-27-18(4)23(24(32)29(20)25)21-13-17(3)30(28-21)19-10-8-16(2)9-11-19/h8-11,13,15H,5-7,12,14H2,1-4H3,(H,26,31). The molecule has 172 valence electrons. The summed E-state index contributed by atoms with van der Waals surface area (Å²) in [5.41, 5.74) is 5.17. The van der Waals surface area contributed by atoms with Crippen molar-refractivity contribution in [1.82, 2.24) is 24.5 Å². The molecule has 3 aromatic heterocycles. The van der Waals surface area contributed by atoms with Crippen molar-refractivity contribution in [3.63, 3.8) is 0 Å². The van der Waals surface area contributed by atoms with E-state index < -0.39 is 0 Å². The van der Waals surface area contributed by atoms with Gasteiger partial charge in [-0.15, -0.1) is 11.3 Å². The van der Waals surface area contributed by atoms with Crippen LogP contribution < -0.4 is 10.9 Å². The van der Waals surface area contributed by atoms with Crippen LogP contribution in [0.4, 0.5) is 0 Å². The Balaban J connectivity index is 1.69. The van der Waals surface area contributed by atoms with Gasteiger partial charge < -0.3 is 5.32 Å². The van der Waals surface area contributed by atoms with Gasteiger partial charge in [-0.25, -0.2) is 9.67 Å². The van der Waals surface area contributed by atoms with Crippen molar-refractivity contribution in [3.05, 3.63) is 68.7 Å². The number of aryl methyl sites for hydroxylation is 3. The molecule has 0 unspecified atom stereocenters. The highest BCUT2D eigenvalue weighted by Crippen LogP contribution is 2.23. The summed E-state index contributed by atoms with van der Waals surface area (Å²) in [5.74, 6) is -0.0840. The summed E-state index contributed by atoms with van der Waals surface area (Å²) in [5, 5.41) is 9.52. The van der Waals surface area contributed by atoms with Crippen molar-refractivity contribution < 1.29 is 4.79 Å². The summed E-state index contributed by atoms with van der Waals surface area (Å²) >= 11 is 1.37. The molecule has 0 spiro atoms. The van der Waals surface area contributed by atoms with Crippen LogP contribution in [0.25, 0.3) is 21.9 Å². The van der Waals surface area contributed by atoms with E-state index in [1.807, 2.05) is 61.2 Å². The van der Waals surface area contributed by atoms with E-state index in [0.29, 0.717) is 34.2 Å². The number of unbranched alkanes of at least 4 members (excludes halogenated alkanes) is 2. The first kappa shape index (κ1) is 22.9. The number of carbonyl (C=O) groups is 1. The summed E-state index contributed by atoms with van der Waals surface area (Å²) in [6.45, 7) is 8.62. The van der Waals surface area contributed by atoms with Gasteiger partial charge in [0.15, 0.2) is 4.96 Å². The molecule has 1 aromatic carbocycles. The Bertz CT molecular complexity index is 1350. The Hall–Kier alpha value is -3.26. The van der Waals surface area contributed by atoms with Crippen molar-refractivity contribution in [2.24, 2.45) is 0 Å². The molecular formula is C25H29N5O2S. The summed E-state index contributed by atoms with van der Waals surface area (Å²) in [4.78, 5) is 31.2. The smallest absolute Gasteiger partial charge is 0.268 e. The lowest BCUT2D eigenvalue weighted by atomic mass is 10.1. The summed E-state index contributed by atoms with van der Waals surface area (Å²) < 4.78 is 3.39. The Morgan fingerprint density at radius 2 is 1.88 bits per heavy atom. The largest absolute Gasteiger partial charge is 0.356 e. The molecule has 4 rings (SSSR count). The molecule has 0 saturated carbocycles. The molecule has 0 aliphatic rings. The molecule has 3 heterocycles. The fourth-order valence-corrected chi connectivity index (χ4v) is 4.82. The highest BCUT2D eigenvalue weighted by molar-refractivity contribution is 7.15. The predicted molar refractivity (Wildman–Crippen MR) is 132 cm³/mol. The molecule has 0 bridgehead atoms. The van der Waals surface area contributed by atoms with Crippen LogP contribution >= 0.6 is 11.3 Å². The third kappa shape index (κ3) is 4.75. The molecule has 0 aliphatic heterocycles. The van der Waals surface area contributed by atoms with Crippen LogP contribution in [0.15, 0.2) is 40.5 Å². The number of aromatic nitrogens is 4. The van der Waals surface area contributed by atoms with Gasteiger partial charge in [-0.1, -0.05) is 37.5 Å². The number of benzene rings is 1. The zero-order valence-corrected chi connectivity index (χ0v) is 20.3. The topological polar surface area (TPSA) is 81.3 Å². The molecule has 1 amide bonds. The first-order valence-electron chi connectivity index (χ1n) is 11.3. The number of hydrogen-bond acceptors (Lipinski definition) is 5. The first-order chi connectivity index (χ1) is 15.9. The average molecular weight is 464 g/mol. The molecule has 8 heteroatoms. The van der Waals surface area contributed by atoms with Gasteiger partial charge in [0.05, 0.1) is 23.4 Å². The number of nitrogens with zero attached hydrogens (tertiary/aromatic N) is 4. The number of hydrogen-bond donors (Lipinski definition) is 1. The molecule has 0 radical (unpaired) electrons. The van der Waals surface area contributed by atoms with Crippen molar-refractivity contribution in [2.75, 3.05) is 6.54 Å². The second kappa shape index (κ2) is 9.70. The van der Waals surface area contributed by atoms with Crippen LogP contribution in [-0.4, -0.2) is 31.6 Å². The quantitative estimate of drug-likeness (QED) is 0.393. The molecular weight excluding hydrogens is 434 g/mol. The molecule has 7 nitrogen and oxygen atoms in total. The predicted octanol–water partition coefficient (Wildman–Crippen LogP) is 4.38. The monoisotopic (exact) mass is 463 g/mol. The van der Waals surface area contributed by atoms with Gasteiger partial charge in [-0.3, -0.25) is 14.0 Å². The van der Waals surface area contributed by atoms with Crippen LogP contribution in [0.5, 0.6) is 0 Å². The van der Waals surface area contributed by atoms with Crippen molar-refractivity contribution in [2.45, 2.75) is 53.4 Å². The first-order valence-corrected chi connectivity index (χ1v) is 12.2. The Morgan fingerprint density at radius 3 is 2.61 bits per heavy atom. The maximum atomic E-state index is 13.6. The van der Waals surface area contributed by atoms with E-state index in [2.05, 4.69) is 17.2 Å². The van der Waals surface area contributed by atoms with Crippen molar-refractivity contribution >= 4 is 22.2 Å². The highest BCUT2D eigenvalue weighted by atomic mass is 32.1. The minimum atomic E-state index is -0.193. The third-order valence-electron chi connectivity index (χ3n) is 5.69. The molecule has 0 saturated heterocycles. The zero-order valence-electron chi connectivity index (χ0n) is 19.5. The fourth-order valence-electron chi connectivity index (χ4n) is 3.90. The van der Waals surface area contributed by atoms with Crippen LogP contribution in [0.2, 0.25) is 0 Å². The van der Waals surface area contributed by atoms with Gasteiger partial charge in [-0.2, -0.15) is 5.10 Å². The van der Waals surface area contributed by atoms with Gasteiger partial charge >= 0.3 is 0 Å². The Labute approximate surface area is 197 Å². The maximum absolute atomic E-state index is 13.6. The fraction of sp³-hybridized carbons (Fsp3) is 0.360. The normalized spacial score (nSPS) is 11.3. The lowest BCUT2D eigenvalue weighted by molar-refractivity contribution is -0.120. The van der Waals surface area contributed by atoms with Gasteiger partial charge in [0.25, 0.3) is 5.56 Å². The van der Waals surface area contributed by atoms with Gasteiger partial charge in [0.1, 0.15) is 5.69 Å². The van der Waals surface area contributed by atoms with E-state index in [1.54, 1.807) is 4.40 Å². The summed E-state index contributed by atoms with van der Waals surface area (Å²) in [6, 6.07) is 10.0. The SMILES string of the molecule is CCCCCNC(=O)Cc1csc2nc(C)c(-c3cc(C)n(-c4ccc(C)cc4)n3)c(=O)n12. The van der Waals surface area contributed by atoms with E-state index in [0.717, 1.165) is 30.6 Å². The van der Waals surface area contributed by atoms with Gasteiger partial charge in [-0.05, 0) is 45.4 Å². The Morgan fingerprint density at radius 1 is 1.12 bits per heavy atom. The molecule has 4 aromatic rings. The van der Waals surface area contributed by atoms with E-state index in [-0.39, 0.29) is 17.9 Å². The van der Waals surface area contributed by atoms with E-state index >= 15 is 0 Å². The molecule has 1 N–H and O–H groups in total. The lowest BCUT2D eigenvalue weighted by Gasteiger charge is -2.07. The third-order valence-corrected chi connectivity index (χ3v) is 6.56. The number of nitrogens with one attached hydrogen (secondary N) is 1. The summed E-state index contributed by atoms with van der Waals surface area (Å²) in [7, 11) is 0. The number of fused-ring (bicyclic) bond motifs is 1. The van der Waals surface area contributed by atoms with Gasteiger partial charge in [0.2, 0.25) is 5.91 Å². The van der Waals surface area contributed by atoms with Crippen molar-refractivity contribution in [3.8, 4) is 16.9 Å². The zero-order chi connectivity index (χ0) is 23.5. The molecule has 0 aliphatic carbocycles. The molecule has 33 heavy (non-hydrogen) atoms. The number of rotatable bonds is 8. The lowest BCUT2D eigenvalue weighted by Crippen LogP contribution is -2.28. The number of amides is 1. The minimum absolute atomic E-state index is 0.0840. The van der Waals surface area contributed by atoms with Crippen LogP contribution in [0, 0.1) is 20.8 Å². The minimum Gasteiger partial charge on any atom is -0.356 e. The van der Waals surface area contributed by atoms with E-state index in [1.165, 1.54) is 16.9 Å². The average Bonchev–Trinajstić information content (AvgIpc) is 3.35. The van der Waals surface area contributed by atoms with Crippen LogP contribution in [0.3, 0.4) is 0 Å². The molecule has 0 atom stereocenters. The van der Waals surface area contributed by atoms with E-state index in [9.17, 15) is 9.59 Å². The van der Waals surface area contributed by atoms with Crippen LogP contribution in [-0.2, 0) is 11.2 Å². The van der Waals surface area contributed by atoms with E-state index in [4.69, 9.17) is 5.10 Å². The second-order valence-electron chi connectivity index (χ2n) is 8.37. The van der Waals surface area contributed by atoms with Crippen LogP contribution in [0.1, 0.15) is 48.8 Å².